The molecule has 5 nitrogen and oxygen atoms in total. The quantitative estimate of drug-likeness (QED) is 0.564. The van der Waals surface area contributed by atoms with Gasteiger partial charge >= 0.3 is 0 Å². The molecule has 0 amide bonds. The maximum Gasteiger partial charge on any atom is 0.185 e. The monoisotopic (exact) mass is 346 g/mol. The summed E-state index contributed by atoms with van der Waals surface area (Å²) in [5.41, 5.74) is 0.844. The van der Waals surface area contributed by atoms with Crippen LogP contribution >= 0.6 is 0 Å². The van der Waals surface area contributed by atoms with Crippen LogP contribution in [-0.4, -0.2) is 34.2 Å². The van der Waals surface area contributed by atoms with Crippen LogP contribution in [0.4, 0.5) is 4.39 Å². The van der Waals surface area contributed by atoms with Crippen molar-refractivity contribution in [2.45, 2.75) is 0 Å². The van der Waals surface area contributed by atoms with Gasteiger partial charge in [0.25, 0.3) is 0 Å². The first-order valence-corrected chi connectivity index (χ1v) is 7.40. The smallest absolute Gasteiger partial charge is 0.185 e. The number of rotatable bonds is 7. The lowest BCUT2D eigenvalue weighted by Crippen LogP contribution is -1.98. The lowest BCUT2D eigenvalue weighted by Gasteiger charge is -2.12. The van der Waals surface area contributed by atoms with Gasteiger partial charge in [-0.3, -0.25) is 4.79 Å². The Morgan fingerprint density at radius 2 is 1.44 bits per heavy atom. The zero-order valence-corrected chi connectivity index (χ0v) is 14.5. The van der Waals surface area contributed by atoms with Crippen molar-refractivity contribution in [2.75, 3.05) is 28.4 Å². The van der Waals surface area contributed by atoms with Gasteiger partial charge in [0.1, 0.15) is 5.75 Å². The van der Waals surface area contributed by atoms with Gasteiger partial charge in [-0.2, -0.15) is 0 Å². The van der Waals surface area contributed by atoms with Crippen molar-refractivity contribution in [3.8, 4) is 23.0 Å². The van der Waals surface area contributed by atoms with Crippen LogP contribution < -0.4 is 18.9 Å². The van der Waals surface area contributed by atoms with Gasteiger partial charge in [0.05, 0.1) is 28.4 Å². The van der Waals surface area contributed by atoms with Gasteiger partial charge in [-0.1, -0.05) is 0 Å². The highest BCUT2D eigenvalue weighted by molar-refractivity contribution is 6.07. The second-order valence-electron chi connectivity index (χ2n) is 5.00. The van der Waals surface area contributed by atoms with Crippen molar-refractivity contribution in [3.63, 3.8) is 0 Å². The molecule has 2 aromatic carbocycles. The van der Waals surface area contributed by atoms with E-state index in [4.69, 9.17) is 18.9 Å². The summed E-state index contributed by atoms with van der Waals surface area (Å²) in [5, 5.41) is 0. The molecule has 0 aliphatic rings. The molecule has 0 aromatic heterocycles. The molecule has 132 valence electrons. The predicted octanol–water partition coefficient (Wildman–Crippen LogP) is 3.76. The fraction of sp³-hybridized carbons (Fsp3) is 0.211. The number of carbonyl (C=O) groups is 1. The number of carbonyl (C=O) groups excluding carboxylic acids is 1. The number of benzene rings is 2. The zero-order valence-electron chi connectivity index (χ0n) is 14.5. The molecule has 0 aliphatic carbocycles. The molecule has 0 N–H and O–H groups in total. The lowest BCUT2D eigenvalue weighted by molar-refractivity contribution is 0.104. The number of methoxy groups -OCH3 is 4. The van der Waals surface area contributed by atoms with Crippen LogP contribution in [0.2, 0.25) is 0 Å². The van der Waals surface area contributed by atoms with Crippen LogP contribution in [0.1, 0.15) is 15.9 Å². The molecule has 6 heteroatoms. The summed E-state index contributed by atoms with van der Waals surface area (Å²) in [6.07, 6.45) is 2.91. The summed E-state index contributed by atoms with van der Waals surface area (Å²) in [7, 11) is 5.92. The normalized spacial score (nSPS) is 10.6. The molecule has 0 atom stereocenters. The third-order valence-electron chi connectivity index (χ3n) is 3.59. The number of ether oxygens (including phenoxy) is 4. The summed E-state index contributed by atoms with van der Waals surface area (Å²) in [6.45, 7) is 0. The Balaban J connectivity index is 2.31. The van der Waals surface area contributed by atoms with Crippen LogP contribution in [0.15, 0.2) is 36.4 Å². The molecule has 0 saturated heterocycles. The third-order valence-corrected chi connectivity index (χ3v) is 3.59. The summed E-state index contributed by atoms with van der Waals surface area (Å²) >= 11 is 0. The Bertz CT molecular complexity index is 799. The molecule has 0 fully saturated rings. The highest BCUT2D eigenvalue weighted by Gasteiger charge is 2.11. The standard InChI is InChI=1S/C19H19FO5/c1-22-16-8-6-12(9-14(16)20)15(21)7-5-13-10-18(24-3)19(25-4)11-17(13)23-2/h5-11H,1-4H3. The Hall–Kier alpha value is -3.02. The maximum absolute atomic E-state index is 13.7. The average Bonchev–Trinajstić information content (AvgIpc) is 2.65. The predicted molar refractivity (Wildman–Crippen MR) is 92.4 cm³/mol. The van der Waals surface area contributed by atoms with Crippen molar-refractivity contribution in [1.82, 2.24) is 0 Å². The Labute approximate surface area is 145 Å². The average molecular weight is 346 g/mol. The molecule has 25 heavy (non-hydrogen) atoms. The number of hydrogen-bond acceptors (Lipinski definition) is 5. The van der Waals surface area contributed by atoms with Crippen LogP contribution in [0.5, 0.6) is 23.0 Å². The van der Waals surface area contributed by atoms with E-state index < -0.39 is 5.82 Å². The second kappa shape index (κ2) is 8.19. The topological polar surface area (TPSA) is 54.0 Å². The van der Waals surface area contributed by atoms with Crippen LogP contribution in [0.25, 0.3) is 6.08 Å². The van der Waals surface area contributed by atoms with E-state index in [1.54, 1.807) is 18.2 Å². The highest BCUT2D eigenvalue weighted by atomic mass is 19.1. The van der Waals surface area contributed by atoms with E-state index in [1.807, 2.05) is 0 Å². The fourth-order valence-electron chi connectivity index (χ4n) is 2.26. The minimum atomic E-state index is -0.592. The molecule has 0 aliphatic heterocycles. The van der Waals surface area contributed by atoms with E-state index in [0.29, 0.717) is 22.8 Å². The van der Waals surface area contributed by atoms with Gasteiger partial charge in [-0.25, -0.2) is 4.39 Å². The van der Waals surface area contributed by atoms with Gasteiger partial charge in [0.2, 0.25) is 0 Å². The summed E-state index contributed by atoms with van der Waals surface area (Å²) in [5.74, 6) is 0.680. The minimum Gasteiger partial charge on any atom is -0.496 e. The van der Waals surface area contributed by atoms with Crippen molar-refractivity contribution in [2.24, 2.45) is 0 Å². The van der Waals surface area contributed by atoms with E-state index in [0.717, 1.165) is 6.07 Å². The zero-order chi connectivity index (χ0) is 18.4. The molecule has 0 bridgehead atoms. The molecule has 0 unspecified atom stereocenters. The molecule has 2 rings (SSSR count). The molecular weight excluding hydrogens is 327 g/mol. The number of hydrogen-bond donors (Lipinski definition) is 0. The maximum atomic E-state index is 13.7. The summed E-state index contributed by atoms with van der Waals surface area (Å²) < 4.78 is 34.3. The van der Waals surface area contributed by atoms with Crippen molar-refractivity contribution in [1.29, 1.82) is 0 Å². The van der Waals surface area contributed by atoms with E-state index >= 15 is 0 Å². The number of halogens is 1. The van der Waals surface area contributed by atoms with E-state index in [2.05, 4.69) is 0 Å². The number of allylic oxidation sites excluding steroid dienone is 1. The van der Waals surface area contributed by atoms with E-state index in [9.17, 15) is 9.18 Å². The molecular formula is C19H19FO5. The SMILES string of the molecule is COc1ccc(C(=O)C=Cc2cc(OC)c(OC)cc2OC)cc1F. The molecule has 0 radical (unpaired) electrons. The first-order valence-electron chi connectivity index (χ1n) is 7.40. The molecule has 0 spiro atoms. The molecule has 0 heterocycles. The Kier molecular flexibility index (Phi) is 6.00. The first kappa shape index (κ1) is 18.3. The number of ketones is 1. The second-order valence-corrected chi connectivity index (χ2v) is 5.00. The van der Waals surface area contributed by atoms with Gasteiger partial charge < -0.3 is 18.9 Å². The third kappa shape index (κ3) is 4.09. The van der Waals surface area contributed by atoms with Crippen LogP contribution in [-0.2, 0) is 0 Å². The highest BCUT2D eigenvalue weighted by Crippen LogP contribution is 2.35. The fourth-order valence-corrected chi connectivity index (χ4v) is 2.26. The Morgan fingerprint density at radius 1 is 0.840 bits per heavy atom. The van der Waals surface area contributed by atoms with Gasteiger partial charge in [0.15, 0.2) is 28.8 Å². The van der Waals surface area contributed by atoms with Crippen molar-refractivity contribution >= 4 is 11.9 Å². The van der Waals surface area contributed by atoms with E-state index in [-0.39, 0.29) is 17.1 Å². The van der Waals surface area contributed by atoms with Crippen molar-refractivity contribution < 1.29 is 28.1 Å². The lowest BCUT2D eigenvalue weighted by atomic mass is 10.1. The first-order chi connectivity index (χ1) is 12.0. The molecule has 2 aromatic rings. The minimum absolute atomic E-state index is 0.0853. The Morgan fingerprint density at radius 3 is 2.00 bits per heavy atom. The molecule has 0 saturated carbocycles. The largest absolute Gasteiger partial charge is 0.496 e. The van der Waals surface area contributed by atoms with Gasteiger partial charge in [0, 0.05) is 17.2 Å². The van der Waals surface area contributed by atoms with Crippen LogP contribution in [0.3, 0.4) is 0 Å². The van der Waals surface area contributed by atoms with Gasteiger partial charge in [-0.05, 0) is 36.4 Å². The summed E-state index contributed by atoms with van der Waals surface area (Å²) in [6, 6.07) is 7.40. The van der Waals surface area contributed by atoms with Crippen molar-refractivity contribution in [3.05, 3.63) is 53.4 Å². The van der Waals surface area contributed by atoms with Gasteiger partial charge in [-0.15, -0.1) is 0 Å². The van der Waals surface area contributed by atoms with Crippen LogP contribution in [0, 0.1) is 5.82 Å². The van der Waals surface area contributed by atoms with E-state index in [1.165, 1.54) is 46.6 Å². The summed E-state index contributed by atoms with van der Waals surface area (Å²) in [4.78, 5) is 12.3.